The van der Waals surface area contributed by atoms with Gasteiger partial charge in [-0.15, -0.1) is 11.3 Å². The zero-order valence-electron chi connectivity index (χ0n) is 40.2. The van der Waals surface area contributed by atoms with Gasteiger partial charge in [-0.25, -0.2) is 0 Å². The minimum absolute atomic E-state index is 0.0275. The molecule has 0 amide bonds. The van der Waals surface area contributed by atoms with Crippen molar-refractivity contribution in [3.05, 3.63) is 245 Å². The summed E-state index contributed by atoms with van der Waals surface area (Å²) in [5, 5.41) is 0. The summed E-state index contributed by atoms with van der Waals surface area (Å²) < 4.78 is 1.40. The van der Waals surface area contributed by atoms with E-state index in [2.05, 4.69) is 268 Å². The Morgan fingerprint density at radius 2 is 1.01 bits per heavy atom. The highest BCUT2D eigenvalue weighted by atomic mass is 32.1. The lowest BCUT2D eigenvalue weighted by Crippen LogP contribution is -2.60. The fraction of sp³-hybridized carbons (Fsp3) is 0.121. The molecule has 10 aromatic rings. The van der Waals surface area contributed by atoms with Crippen LogP contribution in [0.4, 0.5) is 34.1 Å². The zero-order chi connectivity index (χ0) is 47.0. The van der Waals surface area contributed by atoms with Crippen LogP contribution in [0.2, 0.25) is 0 Å². The Bertz CT molecular complexity index is 3700. The second kappa shape index (κ2) is 15.2. The fourth-order valence-electron chi connectivity index (χ4n) is 12.6. The molecule has 4 heteroatoms. The van der Waals surface area contributed by atoms with E-state index in [1.807, 2.05) is 0 Å². The molecule has 0 N–H and O–H groups in total. The third-order valence-electron chi connectivity index (χ3n) is 15.8. The van der Waals surface area contributed by atoms with Crippen molar-refractivity contribution in [2.75, 3.05) is 9.80 Å². The number of hydrogen-bond donors (Lipinski definition) is 0. The first-order chi connectivity index (χ1) is 34.2. The number of anilines is 6. The summed E-state index contributed by atoms with van der Waals surface area (Å²) in [5.74, 6) is 0.393. The van der Waals surface area contributed by atoms with E-state index in [0.29, 0.717) is 5.92 Å². The molecule has 3 heterocycles. The van der Waals surface area contributed by atoms with Gasteiger partial charge in [-0.2, -0.15) is 0 Å². The quantitative estimate of drug-likeness (QED) is 0.159. The van der Waals surface area contributed by atoms with Gasteiger partial charge in [0, 0.05) is 43.7 Å². The van der Waals surface area contributed by atoms with E-state index in [-0.39, 0.29) is 12.1 Å². The molecule has 2 nitrogen and oxygen atoms in total. The molecular weight excluding hydrogens is 864 g/mol. The summed E-state index contributed by atoms with van der Waals surface area (Å²) in [6.07, 6.45) is 0. The van der Waals surface area contributed by atoms with Gasteiger partial charge in [0.15, 0.2) is 0 Å². The molecule has 1 aromatic heterocycles. The molecular formula is C66H51BN2S. The van der Waals surface area contributed by atoms with Crippen molar-refractivity contribution in [2.24, 2.45) is 0 Å². The van der Waals surface area contributed by atoms with E-state index >= 15 is 0 Å². The van der Waals surface area contributed by atoms with E-state index < -0.39 is 5.41 Å². The van der Waals surface area contributed by atoms with E-state index in [0.717, 1.165) is 5.69 Å². The predicted molar refractivity (Wildman–Crippen MR) is 298 cm³/mol. The molecule has 0 radical (unpaired) electrons. The maximum absolute atomic E-state index is 2.66. The first kappa shape index (κ1) is 41.3. The van der Waals surface area contributed by atoms with Crippen LogP contribution in [0.25, 0.3) is 44.5 Å². The van der Waals surface area contributed by atoms with Crippen molar-refractivity contribution in [3.8, 4) is 44.5 Å². The number of hydrogen-bond acceptors (Lipinski definition) is 3. The van der Waals surface area contributed by atoms with Gasteiger partial charge in [0.25, 0.3) is 6.71 Å². The smallest absolute Gasteiger partial charge is 0.264 e. The summed E-state index contributed by atoms with van der Waals surface area (Å²) in [4.78, 5) is 6.67. The Kier molecular flexibility index (Phi) is 8.96. The highest BCUT2D eigenvalue weighted by molar-refractivity contribution is 7.30. The van der Waals surface area contributed by atoms with Crippen LogP contribution in [0.15, 0.2) is 212 Å². The average Bonchev–Trinajstić information content (AvgIpc) is 4.03. The van der Waals surface area contributed by atoms with Crippen molar-refractivity contribution in [3.63, 3.8) is 0 Å². The molecule has 0 fully saturated rings. The Labute approximate surface area is 416 Å². The highest BCUT2D eigenvalue weighted by Gasteiger charge is 2.57. The van der Waals surface area contributed by atoms with Gasteiger partial charge in [-0.1, -0.05) is 204 Å². The molecule has 2 aliphatic carbocycles. The van der Waals surface area contributed by atoms with Gasteiger partial charge in [-0.05, 0) is 131 Å². The molecule has 2 aliphatic heterocycles. The maximum Gasteiger partial charge on any atom is 0.264 e. The summed E-state index contributed by atoms with van der Waals surface area (Å²) in [7, 11) is 0. The van der Waals surface area contributed by atoms with E-state index in [1.54, 1.807) is 0 Å². The minimum Gasteiger partial charge on any atom is -0.311 e. The summed E-state index contributed by atoms with van der Waals surface area (Å²) in [6.45, 7) is 11.7. The first-order valence-electron chi connectivity index (χ1n) is 24.9. The van der Waals surface area contributed by atoms with Crippen molar-refractivity contribution >= 4 is 67.9 Å². The topological polar surface area (TPSA) is 6.48 Å². The van der Waals surface area contributed by atoms with Gasteiger partial charge < -0.3 is 9.80 Å². The van der Waals surface area contributed by atoms with Gasteiger partial charge in [0.2, 0.25) is 0 Å². The van der Waals surface area contributed by atoms with Gasteiger partial charge in [-0.3, -0.25) is 0 Å². The van der Waals surface area contributed by atoms with Crippen LogP contribution in [-0.2, 0) is 10.8 Å². The molecule has 0 unspecified atom stereocenters. The average molecular weight is 915 g/mol. The Morgan fingerprint density at radius 3 is 1.63 bits per heavy atom. The van der Waals surface area contributed by atoms with Gasteiger partial charge in [0.1, 0.15) is 0 Å². The second-order valence-corrected chi connectivity index (χ2v) is 22.0. The van der Waals surface area contributed by atoms with Gasteiger partial charge in [0.05, 0.1) is 11.1 Å². The molecule has 14 rings (SSSR count). The molecule has 4 aliphatic rings. The SMILES string of the molecule is CC(C)c1ccc(-c2ccccc2)c(-c2ccc3c(c2)N(c2ccccc2)c2cc(C(C)(C)C)cc4c2B3c2sc3c(c2N4c2ccccc2)-c2ccccc2C32c3ccccc3-c3ccccc32)c1. The number of nitrogens with zero attached hydrogens (tertiary/aromatic N) is 2. The van der Waals surface area contributed by atoms with Crippen LogP contribution in [0.3, 0.4) is 0 Å². The lowest BCUT2D eigenvalue weighted by atomic mass is 9.36. The standard InChI is InChI=1S/C66H51BN2S/c1-41(2)43-33-35-48(42-21-9-6-10-22-42)52(37-43)44-34-36-56-57(38-44)68(46-23-11-7-12-24-46)58-39-45(65(3,4)5)40-59-61(58)67(56)64-62(69(59)47-25-13-8-14-26-47)60-51-29-17-20-32-55(51)66(63(60)70-64)53-30-18-15-27-49(53)50-28-16-19-31-54(50)66/h6-41H,1-5H3. The Hall–Kier alpha value is -7.66. The van der Waals surface area contributed by atoms with Crippen LogP contribution in [0, 0.1) is 0 Å². The van der Waals surface area contributed by atoms with Crippen LogP contribution in [0.5, 0.6) is 0 Å². The lowest BCUT2D eigenvalue weighted by Gasteiger charge is -2.44. The number of rotatable bonds is 5. The molecule has 0 bridgehead atoms. The van der Waals surface area contributed by atoms with Crippen LogP contribution >= 0.6 is 11.3 Å². The zero-order valence-corrected chi connectivity index (χ0v) is 41.0. The molecule has 0 saturated heterocycles. The largest absolute Gasteiger partial charge is 0.311 e. The molecule has 0 saturated carbocycles. The summed E-state index contributed by atoms with van der Waals surface area (Å²) >= 11 is 2.06. The van der Waals surface area contributed by atoms with Crippen LogP contribution in [-0.4, -0.2) is 6.71 Å². The number of benzene rings is 9. The van der Waals surface area contributed by atoms with Crippen molar-refractivity contribution in [2.45, 2.75) is 51.4 Å². The number of thiophene rings is 1. The van der Waals surface area contributed by atoms with Crippen molar-refractivity contribution < 1.29 is 0 Å². The monoisotopic (exact) mass is 914 g/mol. The molecule has 70 heavy (non-hydrogen) atoms. The predicted octanol–water partition coefficient (Wildman–Crippen LogP) is 15.9. The molecule has 1 spiro atoms. The molecule has 334 valence electrons. The third kappa shape index (κ3) is 5.69. The van der Waals surface area contributed by atoms with Gasteiger partial charge >= 0.3 is 0 Å². The Balaban J connectivity index is 1.12. The number of para-hydroxylation sites is 2. The van der Waals surface area contributed by atoms with Crippen molar-refractivity contribution in [1.82, 2.24) is 0 Å². The highest BCUT2D eigenvalue weighted by Crippen LogP contribution is 2.67. The van der Waals surface area contributed by atoms with E-state index in [9.17, 15) is 0 Å². The summed E-state index contributed by atoms with van der Waals surface area (Å²) in [5.41, 5.74) is 26.5. The van der Waals surface area contributed by atoms with E-state index in [4.69, 9.17) is 0 Å². The first-order valence-corrected chi connectivity index (χ1v) is 25.7. The molecule has 9 aromatic carbocycles. The maximum atomic E-state index is 2.66. The molecule has 0 atom stereocenters. The summed E-state index contributed by atoms with van der Waals surface area (Å²) in [6, 6.07) is 80.6. The van der Waals surface area contributed by atoms with Crippen LogP contribution < -0.4 is 25.5 Å². The minimum atomic E-state index is -0.457. The second-order valence-electron chi connectivity index (χ2n) is 21.0. The van der Waals surface area contributed by atoms with Crippen LogP contribution in [0.1, 0.15) is 73.2 Å². The Morgan fingerprint density at radius 1 is 0.471 bits per heavy atom. The fourth-order valence-corrected chi connectivity index (χ4v) is 14.2. The normalized spacial score (nSPS) is 14.2. The van der Waals surface area contributed by atoms with Crippen molar-refractivity contribution in [1.29, 1.82) is 0 Å². The third-order valence-corrected chi connectivity index (χ3v) is 17.1. The number of fused-ring (bicyclic) bond motifs is 15. The lowest BCUT2D eigenvalue weighted by molar-refractivity contribution is 0.590. The van der Waals surface area contributed by atoms with E-state index in [1.165, 1.54) is 121 Å².